The Kier molecular flexibility index (Phi) is 4.26. The van der Waals surface area contributed by atoms with E-state index in [0.717, 1.165) is 38.0 Å². The van der Waals surface area contributed by atoms with Gasteiger partial charge in [0.2, 0.25) is 5.91 Å². The monoisotopic (exact) mass is 216 g/mol. The molecule has 1 aliphatic carbocycles. The third kappa shape index (κ3) is 2.64. The molecular weight excluding hydrogens is 196 g/mol. The standard InChI is InChI=1S/C10H20N2OS/c1-12(7-8-14-2)9(13)10(11)5-3-4-6-10/h3-8,11H2,1-2H3. The highest BCUT2D eigenvalue weighted by molar-refractivity contribution is 7.98. The average molecular weight is 216 g/mol. The van der Waals surface area contributed by atoms with Crippen LogP contribution in [-0.2, 0) is 4.79 Å². The van der Waals surface area contributed by atoms with Gasteiger partial charge in [-0.2, -0.15) is 11.8 Å². The second-order valence-electron chi connectivity index (χ2n) is 4.08. The zero-order valence-electron chi connectivity index (χ0n) is 9.08. The SMILES string of the molecule is CSCCN(C)C(=O)C1(N)CCCC1. The Bertz CT molecular complexity index is 202. The van der Waals surface area contributed by atoms with Crippen LogP contribution in [0.3, 0.4) is 0 Å². The summed E-state index contributed by atoms with van der Waals surface area (Å²) in [6.07, 6.45) is 5.95. The zero-order valence-corrected chi connectivity index (χ0v) is 9.90. The molecule has 0 aromatic rings. The highest BCUT2D eigenvalue weighted by Gasteiger charge is 2.38. The largest absolute Gasteiger partial charge is 0.343 e. The zero-order chi connectivity index (χ0) is 10.6. The number of amides is 1. The van der Waals surface area contributed by atoms with Gasteiger partial charge >= 0.3 is 0 Å². The molecule has 82 valence electrons. The third-order valence-corrected chi connectivity index (χ3v) is 3.49. The third-order valence-electron chi connectivity index (χ3n) is 2.90. The summed E-state index contributed by atoms with van der Waals surface area (Å²) < 4.78 is 0. The topological polar surface area (TPSA) is 46.3 Å². The molecule has 3 nitrogen and oxygen atoms in total. The molecule has 1 fully saturated rings. The predicted octanol–water partition coefficient (Wildman–Crippen LogP) is 1.08. The van der Waals surface area contributed by atoms with Crippen LogP contribution in [0.15, 0.2) is 0 Å². The van der Waals surface area contributed by atoms with E-state index in [9.17, 15) is 4.79 Å². The number of nitrogens with zero attached hydrogens (tertiary/aromatic N) is 1. The molecule has 14 heavy (non-hydrogen) atoms. The second-order valence-corrected chi connectivity index (χ2v) is 5.07. The van der Waals surface area contributed by atoms with Crippen molar-refractivity contribution in [3.8, 4) is 0 Å². The van der Waals surface area contributed by atoms with Gasteiger partial charge in [-0.05, 0) is 19.1 Å². The average Bonchev–Trinajstić information content (AvgIpc) is 2.61. The summed E-state index contributed by atoms with van der Waals surface area (Å²) in [5.41, 5.74) is 5.53. The first-order valence-corrected chi connectivity index (χ1v) is 6.53. The number of nitrogens with two attached hydrogens (primary N) is 1. The Morgan fingerprint density at radius 1 is 1.50 bits per heavy atom. The maximum atomic E-state index is 12.0. The molecular formula is C10H20N2OS. The summed E-state index contributed by atoms with van der Waals surface area (Å²) >= 11 is 1.75. The van der Waals surface area contributed by atoms with Gasteiger partial charge in [0.05, 0.1) is 5.54 Å². The Hall–Kier alpha value is -0.220. The molecule has 0 unspecified atom stereocenters. The molecule has 0 aromatic heterocycles. The van der Waals surface area contributed by atoms with Crippen LogP contribution in [0.5, 0.6) is 0 Å². The number of likely N-dealkylation sites (N-methyl/N-ethyl adjacent to an activating group) is 1. The molecule has 1 rings (SSSR count). The van der Waals surface area contributed by atoms with Crippen LogP contribution >= 0.6 is 11.8 Å². The molecule has 1 saturated carbocycles. The van der Waals surface area contributed by atoms with Crippen molar-refractivity contribution >= 4 is 17.7 Å². The van der Waals surface area contributed by atoms with Crippen molar-refractivity contribution in [2.75, 3.05) is 25.6 Å². The highest BCUT2D eigenvalue weighted by Crippen LogP contribution is 2.28. The lowest BCUT2D eigenvalue weighted by Crippen LogP contribution is -2.52. The molecule has 0 atom stereocenters. The van der Waals surface area contributed by atoms with E-state index in [1.807, 2.05) is 13.3 Å². The van der Waals surface area contributed by atoms with Crippen molar-refractivity contribution in [1.82, 2.24) is 4.90 Å². The molecule has 1 amide bonds. The number of hydrogen-bond acceptors (Lipinski definition) is 3. The maximum absolute atomic E-state index is 12.0. The summed E-state index contributed by atoms with van der Waals surface area (Å²) in [6, 6.07) is 0. The van der Waals surface area contributed by atoms with Crippen molar-refractivity contribution < 1.29 is 4.79 Å². The van der Waals surface area contributed by atoms with Crippen LogP contribution in [0.2, 0.25) is 0 Å². The maximum Gasteiger partial charge on any atom is 0.242 e. The summed E-state index contributed by atoms with van der Waals surface area (Å²) in [6.45, 7) is 0.805. The lowest BCUT2D eigenvalue weighted by Gasteiger charge is -2.28. The van der Waals surface area contributed by atoms with Crippen LogP contribution < -0.4 is 5.73 Å². The minimum Gasteiger partial charge on any atom is -0.343 e. The quantitative estimate of drug-likeness (QED) is 0.765. The fraction of sp³-hybridized carbons (Fsp3) is 0.900. The van der Waals surface area contributed by atoms with E-state index in [1.54, 1.807) is 16.7 Å². The van der Waals surface area contributed by atoms with Gasteiger partial charge in [0, 0.05) is 19.3 Å². The smallest absolute Gasteiger partial charge is 0.242 e. The van der Waals surface area contributed by atoms with Gasteiger partial charge in [-0.1, -0.05) is 12.8 Å². The summed E-state index contributed by atoms with van der Waals surface area (Å²) in [5, 5.41) is 0. The van der Waals surface area contributed by atoms with E-state index in [-0.39, 0.29) is 5.91 Å². The molecule has 0 saturated heterocycles. The van der Waals surface area contributed by atoms with Gasteiger partial charge in [0.15, 0.2) is 0 Å². The Morgan fingerprint density at radius 2 is 2.07 bits per heavy atom. The number of carbonyl (C=O) groups is 1. The van der Waals surface area contributed by atoms with E-state index >= 15 is 0 Å². The number of carbonyl (C=O) groups excluding carboxylic acids is 1. The normalized spacial score (nSPS) is 19.6. The summed E-state index contributed by atoms with van der Waals surface area (Å²) in [4.78, 5) is 13.7. The molecule has 0 bridgehead atoms. The van der Waals surface area contributed by atoms with Gasteiger partial charge in [-0.25, -0.2) is 0 Å². The first-order chi connectivity index (χ1) is 6.60. The van der Waals surface area contributed by atoms with Gasteiger partial charge in [-0.15, -0.1) is 0 Å². The van der Waals surface area contributed by atoms with E-state index in [2.05, 4.69) is 0 Å². The molecule has 0 aliphatic heterocycles. The number of thioether (sulfide) groups is 1. The summed E-state index contributed by atoms with van der Waals surface area (Å²) in [7, 11) is 1.85. The second kappa shape index (κ2) is 5.03. The van der Waals surface area contributed by atoms with E-state index in [4.69, 9.17) is 5.73 Å². The van der Waals surface area contributed by atoms with Crippen LogP contribution in [0.25, 0.3) is 0 Å². The van der Waals surface area contributed by atoms with Crippen molar-refractivity contribution in [3.63, 3.8) is 0 Å². The first kappa shape index (κ1) is 11.9. The fourth-order valence-corrected chi connectivity index (χ4v) is 2.39. The minimum absolute atomic E-state index is 0.129. The van der Waals surface area contributed by atoms with Gasteiger partial charge < -0.3 is 10.6 Å². The lowest BCUT2D eigenvalue weighted by molar-refractivity contribution is -0.135. The first-order valence-electron chi connectivity index (χ1n) is 5.13. The Labute approximate surface area is 90.4 Å². The van der Waals surface area contributed by atoms with Crippen molar-refractivity contribution in [2.24, 2.45) is 5.73 Å². The van der Waals surface area contributed by atoms with Crippen LogP contribution in [-0.4, -0.2) is 41.9 Å². The molecule has 2 N–H and O–H groups in total. The molecule has 0 heterocycles. The van der Waals surface area contributed by atoms with E-state index in [0.29, 0.717) is 0 Å². The Balaban J connectivity index is 2.46. The van der Waals surface area contributed by atoms with Crippen LogP contribution in [0, 0.1) is 0 Å². The Morgan fingerprint density at radius 3 is 2.57 bits per heavy atom. The van der Waals surface area contributed by atoms with Gasteiger partial charge in [0.1, 0.15) is 0 Å². The van der Waals surface area contributed by atoms with Crippen molar-refractivity contribution in [2.45, 2.75) is 31.2 Å². The van der Waals surface area contributed by atoms with Gasteiger partial charge in [-0.3, -0.25) is 4.79 Å². The lowest BCUT2D eigenvalue weighted by atomic mass is 9.97. The van der Waals surface area contributed by atoms with E-state index < -0.39 is 5.54 Å². The number of rotatable bonds is 4. The fourth-order valence-electron chi connectivity index (χ4n) is 1.93. The molecule has 1 aliphatic rings. The van der Waals surface area contributed by atoms with Crippen molar-refractivity contribution in [1.29, 1.82) is 0 Å². The molecule has 0 radical (unpaired) electrons. The van der Waals surface area contributed by atoms with Gasteiger partial charge in [0.25, 0.3) is 0 Å². The number of hydrogen-bond donors (Lipinski definition) is 1. The van der Waals surface area contributed by atoms with Crippen LogP contribution in [0.4, 0.5) is 0 Å². The minimum atomic E-state index is -0.548. The van der Waals surface area contributed by atoms with Crippen LogP contribution in [0.1, 0.15) is 25.7 Å². The summed E-state index contributed by atoms with van der Waals surface area (Å²) in [5.74, 6) is 1.11. The predicted molar refractivity (Wildman–Crippen MR) is 61.4 cm³/mol. The molecule has 4 heteroatoms. The highest BCUT2D eigenvalue weighted by atomic mass is 32.2. The van der Waals surface area contributed by atoms with Crippen molar-refractivity contribution in [3.05, 3.63) is 0 Å². The molecule has 0 spiro atoms. The molecule has 0 aromatic carbocycles. The van der Waals surface area contributed by atoms with E-state index in [1.165, 1.54) is 0 Å².